The molecule has 2 atom stereocenters. The summed E-state index contributed by atoms with van der Waals surface area (Å²) in [6.45, 7) is 5.54. The van der Waals surface area contributed by atoms with Crippen LogP contribution in [-0.2, 0) is 28.6 Å². The van der Waals surface area contributed by atoms with Crippen LogP contribution in [0, 0.1) is 0 Å². The number of esters is 3. The van der Waals surface area contributed by atoms with E-state index in [1.54, 1.807) is 0 Å². The molecule has 0 bridgehead atoms. The van der Waals surface area contributed by atoms with Gasteiger partial charge in [0.25, 0.3) is 0 Å². The first kappa shape index (κ1) is 74.2. The molecule has 0 spiro atoms. The van der Waals surface area contributed by atoms with Crippen LogP contribution in [0.2, 0.25) is 0 Å². The first-order chi connectivity index (χ1) is 37.8. The number of rotatable bonds is 51. The fourth-order valence-electron chi connectivity index (χ4n) is 7.26. The average molecular weight is 1070 g/mol. The number of aliphatic hydroxyl groups excluding tert-OH is 3. The Bertz CT molecular complexity index is 1690. The molecule has 0 aliphatic heterocycles. The molecular formula is C68H110O9. The number of allylic oxidation sites excluding steroid dienone is 24. The largest absolute Gasteiger partial charge is 0.463 e. The maximum Gasteiger partial charge on any atom is 0.306 e. The minimum Gasteiger partial charge on any atom is -0.463 e. The molecule has 0 aromatic heterocycles. The van der Waals surface area contributed by atoms with E-state index < -0.39 is 24.8 Å². The predicted octanol–water partition coefficient (Wildman–Crippen LogP) is 17.5. The normalized spacial score (nSPS) is 13.3. The van der Waals surface area contributed by atoms with Gasteiger partial charge in [-0.2, -0.15) is 0 Å². The van der Waals surface area contributed by atoms with Crippen molar-refractivity contribution in [2.24, 2.45) is 0 Å². The van der Waals surface area contributed by atoms with E-state index >= 15 is 0 Å². The fraction of sp³-hybridized carbons (Fsp3) is 0.603. The number of ether oxygens (including phenoxy) is 3. The van der Waals surface area contributed by atoms with Gasteiger partial charge in [0, 0.05) is 19.3 Å². The van der Waals surface area contributed by atoms with Crippen molar-refractivity contribution in [3.05, 3.63) is 146 Å². The molecule has 436 valence electrons. The highest BCUT2D eigenvalue weighted by atomic mass is 16.6. The summed E-state index contributed by atoms with van der Waals surface area (Å²) < 4.78 is 15.3. The molecule has 1 unspecified atom stereocenters. The molecule has 0 fully saturated rings. The van der Waals surface area contributed by atoms with Crippen molar-refractivity contribution in [1.29, 1.82) is 0 Å². The highest BCUT2D eigenvalue weighted by Crippen LogP contribution is 2.14. The molecule has 0 saturated heterocycles. The second-order valence-electron chi connectivity index (χ2n) is 19.1. The molecule has 0 rings (SSSR count). The van der Waals surface area contributed by atoms with E-state index in [0.29, 0.717) is 19.3 Å². The Labute approximate surface area is 470 Å². The molecule has 3 N–H and O–H groups in total. The molecule has 77 heavy (non-hydrogen) atoms. The third-order valence-electron chi connectivity index (χ3n) is 11.8. The lowest BCUT2D eigenvalue weighted by Gasteiger charge is -2.15. The van der Waals surface area contributed by atoms with Crippen molar-refractivity contribution < 1.29 is 43.9 Å². The topological polar surface area (TPSA) is 140 Å². The van der Waals surface area contributed by atoms with Gasteiger partial charge in [0.15, 0.2) is 6.10 Å². The first-order valence-electron chi connectivity index (χ1n) is 30.0. The van der Waals surface area contributed by atoms with Crippen LogP contribution in [0.3, 0.4) is 0 Å². The zero-order valence-electron chi connectivity index (χ0n) is 48.8. The summed E-state index contributed by atoms with van der Waals surface area (Å²) in [5, 5.41) is 27.2. The van der Waals surface area contributed by atoms with E-state index in [1.165, 1.54) is 83.5 Å². The highest BCUT2D eigenvalue weighted by Gasteiger charge is 2.15. The van der Waals surface area contributed by atoms with Gasteiger partial charge in [-0.15, -0.1) is 0 Å². The summed E-state index contributed by atoms with van der Waals surface area (Å²) in [5.41, 5.74) is 0. The van der Waals surface area contributed by atoms with Crippen LogP contribution in [0.25, 0.3) is 0 Å². The standard InChI is InChI=1S/C47H68O5.C21H42O4/c1-3-5-7-9-11-13-15-17-19-21-23-25-27-29-31-33-35-37-39-41-46(49)51-44-45(43-48)52-47(50)42-40-38-36-34-32-30-28-26-24-22-20-18-16-14-12-10-8-6-4-2;1-2-3-4-5-6-7-8-9-10-11-12-13-14-15-16-17-21(24)25-19-20(23)18-22/h5-8,11-14,17-20,23-26,29-32,35-38,45,48H,3-4,9-10,15-16,21-22,27-28,33-34,39-44H2,1-2H3;20,22-23H,2-19H2,1H3/b7-5-,8-6-,13-11-,14-12-,19-17-,20-18-,25-23-,26-24-,31-29-,32-30-,37-35-,38-36-;/t45-;/m0./s1. The third-order valence-corrected chi connectivity index (χ3v) is 11.8. The Morgan fingerprint density at radius 2 is 0.623 bits per heavy atom. The zero-order valence-corrected chi connectivity index (χ0v) is 48.8. The Balaban J connectivity index is 0. The maximum atomic E-state index is 12.1. The fourth-order valence-corrected chi connectivity index (χ4v) is 7.26. The van der Waals surface area contributed by atoms with Crippen LogP contribution in [0.4, 0.5) is 0 Å². The first-order valence-corrected chi connectivity index (χ1v) is 30.0. The summed E-state index contributed by atoms with van der Waals surface area (Å²) in [6, 6.07) is 0. The van der Waals surface area contributed by atoms with Crippen molar-refractivity contribution in [3.63, 3.8) is 0 Å². The quantitative estimate of drug-likeness (QED) is 0.0235. The van der Waals surface area contributed by atoms with Crippen LogP contribution < -0.4 is 0 Å². The van der Waals surface area contributed by atoms with Gasteiger partial charge in [0.2, 0.25) is 0 Å². The molecule has 9 heteroatoms. The van der Waals surface area contributed by atoms with Crippen molar-refractivity contribution in [2.45, 2.75) is 238 Å². The minimum absolute atomic E-state index is 0.103. The van der Waals surface area contributed by atoms with E-state index in [2.05, 4.69) is 142 Å². The molecule has 0 saturated carbocycles. The molecule has 9 nitrogen and oxygen atoms in total. The van der Waals surface area contributed by atoms with Crippen LogP contribution in [-0.4, -0.2) is 71.9 Å². The lowest BCUT2D eigenvalue weighted by molar-refractivity contribution is -0.161. The Morgan fingerprint density at radius 1 is 0.338 bits per heavy atom. The number of unbranched alkanes of at least 4 members (excludes halogenated alkanes) is 14. The number of carbonyl (C=O) groups is 3. The zero-order chi connectivity index (χ0) is 56.4. The smallest absolute Gasteiger partial charge is 0.306 e. The number of hydrogen-bond acceptors (Lipinski definition) is 9. The highest BCUT2D eigenvalue weighted by molar-refractivity contribution is 5.70. The molecule has 0 aromatic carbocycles. The molecule has 0 aliphatic rings. The van der Waals surface area contributed by atoms with E-state index in [1.807, 2.05) is 24.3 Å². The summed E-state index contributed by atoms with van der Waals surface area (Å²) in [6.07, 6.45) is 82.6. The van der Waals surface area contributed by atoms with Gasteiger partial charge in [0.05, 0.1) is 13.2 Å². The third kappa shape index (κ3) is 65.4. The van der Waals surface area contributed by atoms with Crippen LogP contribution >= 0.6 is 0 Å². The van der Waals surface area contributed by atoms with E-state index in [9.17, 15) is 19.5 Å². The SMILES string of the molecule is CC/C=C\C/C=C\C/C=C\C/C=C\C/C=C\C/C=C\CCC(=O)OC[C@H](CO)OC(=O)CC/C=C\C/C=C\C/C=C\C/C=C\C/C=C\C/C=C\CC.CCCCCCCCCCCCCCCCCC(=O)OCC(O)CO. The predicted molar refractivity (Wildman–Crippen MR) is 326 cm³/mol. The summed E-state index contributed by atoms with van der Waals surface area (Å²) in [5.74, 6) is -1.08. The molecule has 0 heterocycles. The number of carbonyl (C=O) groups excluding carboxylic acids is 3. The van der Waals surface area contributed by atoms with Gasteiger partial charge in [-0.1, -0.05) is 256 Å². The number of hydrogen-bond donors (Lipinski definition) is 3. The van der Waals surface area contributed by atoms with Gasteiger partial charge in [-0.05, 0) is 96.3 Å². The molecule has 0 radical (unpaired) electrons. The number of aliphatic hydroxyl groups is 3. The summed E-state index contributed by atoms with van der Waals surface area (Å²) in [7, 11) is 0. The van der Waals surface area contributed by atoms with Crippen molar-refractivity contribution in [3.8, 4) is 0 Å². The molecule has 0 aromatic rings. The second kappa shape index (κ2) is 65.5. The Hall–Kier alpha value is -4.83. The lowest BCUT2D eigenvalue weighted by Crippen LogP contribution is -2.28. The monoisotopic (exact) mass is 1070 g/mol. The van der Waals surface area contributed by atoms with Crippen LogP contribution in [0.15, 0.2) is 146 Å². The van der Waals surface area contributed by atoms with Gasteiger partial charge in [-0.25, -0.2) is 0 Å². The Kier molecular flexibility index (Phi) is 63.1. The van der Waals surface area contributed by atoms with Gasteiger partial charge in [0.1, 0.15) is 19.3 Å². The van der Waals surface area contributed by atoms with Crippen LogP contribution in [0.1, 0.15) is 226 Å². The van der Waals surface area contributed by atoms with Gasteiger partial charge < -0.3 is 29.5 Å². The lowest BCUT2D eigenvalue weighted by atomic mass is 10.0. The van der Waals surface area contributed by atoms with Crippen molar-refractivity contribution in [1.82, 2.24) is 0 Å². The molecule has 0 aliphatic carbocycles. The molecule has 0 amide bonds. The van der Waals surface area contributed by atoms with E-state index in [0.717, 1.165) is 89.9 Å². The summed E-state index contributed by atoms with van der Waals surface area (Å²) >= 11 is 0. The molecular weight excluding hydrogens is 961 g/mol. The van der Waals surface area contributed by atoms with Crippen molar-refractivity contribution in [2.75, 3.05) is 26.4 Å². The van der Waals surface area contributed by atoms with E-state index in [-0.39, 0.29) is 44.6 Å². The van der Waals surface area contributed by atoms with Gasteiger partial charge >= 0.3 is 17.9 Å². The van der Waals surface area contributed by atoms with E-state index in [4.69, 9.17) is 24.4 Å². The van der Waals surface area contributed by atoms with Crippen molar-refractivity contribution >= 4 is 17.9 Å². The Morgan fingerprint density at radius 3 is 0.948 bits per heavy atom. The van der Waals surface area contributed by atoms with Gasteiger partial charge in [-0.3, -0.25) is 14.4 Å². The summed E-state index contributed by atoms with van der Waals surface area (Å²) in [4.78, 5) is 35.6. The minimum atomic E-state index is -0.954. The van der Waals surface area contributed by atoms with Crippen LogP contribution in [0.5, 0.6) is 0 Å². The maximum absolute atomic E-state index is 12.1. The average Bonchev–Trinajstić information content (AvgIpc) is 3.43. The second-order valence-corrected chi connectivity index (χ2v) is 19.1.